The summed E-state index contributed by atoms with van der Waals surface area (Å²) >= 11 is 0. The quantitative estimate of drug-likeness (QED) is 0.675. The van der Waals surface area contributed by atoms with Crippen molar-refractivity contribution < 1.29 is 4.74 Å². The van der Waals surface area contributed by atoms with Gasteiger partial charge in [0.2, 0.25) is 5.78 Å². The smallest absolute Gasteiger partial charge is 0.260 e. The van der Waals surface area contributed by atoms with Crippen LogP contribution in [0, 0.1) is 6.92 Å². The summed E-state index contributed by atoms with van der Waals surface area (Å²) in [7, 11) is 0. The number of ether oxygens (including phenoxy) is 1. The number of imidazole rings is 1. The van der Waals surface area contributed by atoms with E-state index in [4.69, 9.17) is 10.5 Å². The Labute approximate surface area is 147 Å². The van der Waals surface area contributed by atoms with Crippen LogP contribution in [-0.4, -0.2) is 27.5 Å². The summed E-state index contributed by atoms with van der Waals surface area (Å²) in [6, 6.07) is 7.81. The van der Waals surface area contributed by atoms with Crippen LogP contribution in [0.5, 0.6) is 0 Å². The molecule has 2 aromatic heterocycles. The SMILES string of the molecule is CC.Cc1cn2cc(-c3ccc(COCCCN)cc3)c(=O)[nH]c2n1. The highest BCUT2D eigenvalue weighted by atomic mass is 16.5. The number of aromatic nitrogens is 3. The van der Waals surface area contributed by atoms with E-state index in [0.717, 1.165) is 23.2 Å². The first-order valence-corrected chi connectivity index (χ1v) is 8.63. The Morgan fingerprint density at radius 3 is 2.60 bits per heavy atom. The molecule has 1 aromatic carbocycles. The van der Waals surface area contributed by atoms with Gasteiger partial charge < -0.3 is 10.5 Å². The van der Waals surface area contributed by atoms with Crippen LogP contribution < -0.4 is 11.3 Å². The predicted octanol–water partition coefficient (Wildman–Crippen LogP) is 2.89. The molecule has 0 fully saturated rings. The van der Waals surface area contributed by atoms with Crippen molar-refractivity contribution >= 4 is 5.78 Å². The number of benzene rings is 1. The first-order valence-electron chi connectivity index (χ1n) is 8.63. The minimum Gasteiger partial charge on any atom is -0.377 e. The Morgan fingerprint density at radius 1 is 1.20 bits per heavy atom. The zero-order chi connectivity index (χ0) is 18.2. The minimum absolute atomic E-state index is 0.143. The van der Waals surface area contributed by atoms with Gasteiger partial charge in [-0.1, -0.05) is 38.1 Å². The Morgan fingerprint density at radius 2 is 1.92 bits per heavy atom. The van der Waals surface area contributed by atoms with Gasteiger partial charge in [-0.3, -0.25) is 14.2 Å². The molecular formula is C19H26N4O2. The molecule has 0 aliphatic heterocycles. The summed E-state index contributed by atoms with van der Waals surface area (Å²) in [5.41, 5.74) is 8.70. The highest BCUT2D eigenvalue weighted by Gasteiger charge is 2.07. The summed E-state index contributed by atoms with van der Waals surface area (Å²) in [6.07, 6.45) is 4.55. The lowest BCUT2D eigenvalue weighted by molar-refractivity contribution is 0.120. The lowest BCUT2D eigenvalue weighted by atomic mass is 10.1. The Hall–Kier alpha value is -2.44. The fourth-order valence-corrected chi connectivity index (χ4v) is 2.44. The molecule has 25 heavy (non-hydrogen) atoms. The van der Waals surface area contributed by atoms with E-state index in [0.29, 0.717) is 31.1 Å². The van der Waals surface area contributed by atoms with E-state index >= 15 is 0 Å². The molecule has 3 aromatic rings. The van der Waals surface area contributed by atoms with Gasteiger partial charge in [-0.2, -0.15) is 0 Å². The van der Waals surface area contributed by atoms with Crippen LogP contribution in [0.4, 0.5) is 0 Å². The van der Waals surface area contributed by atoms with Gasteiger partial charge in [0, 0.05) is 19.0 Å². The molecule has 0 atom stereocenters. The standard InChI is InChI=1S/C17H20N4O2.C2H6/c1-12-9-21-10-15(16(22)20-17(21)19-12)14-5-3-13(4-6-14)11-23-8-2-7-18;1-2/h3-6,9-10H,2,7-8,11,18H2,1H3,(H,19,20,22);1-2H3. The molecule has 6 heteroatoms. The van der Waals surface area contributed by atoms with Crippen LogP contribution in [0.1, 0.15) is 31.5 Å². The zero-order valence-corrected chi connectivity index (χ0v) is 15.1. The highest BCUT2D eigenvalue weighted by molar-refractivity contribution is 5.62. The van der Waals surface area contributed by atoms with Gasteiger partial charge in [-0.15, -0.1) is 0 Å². The minimum atomic E-state index is -0.143. The van der Waals surface area contributed by atoms with E-state index in [-0.39, 0.29) is 5.56 Å². The van der Waals surface area contributed by atoms with E-state index in [1.807, 2.05) is 55.6 Å². The molecule has 0 unspecified atom stereocenters. The van der Waals surface area contributed by atoms with Crippen molar-refractivity contribution in [2.75, 3.05) is 13.2 Å². The second-order valence-corrected chi connectivity index (χ2v) is 5.50. The molecule has 0 aliphatic carbocycles. The van der Waals surface area contributed by atoms with Gasteiger partial charge >= 0.3 is 0 Å². The largest absolute Gasteiger partial charge is 0.377 e. The number of aromatic amines is 1. The van der Waals surface area contributed by atoms with Gasteiger partial charge in [0.1, 0.15) is 0 Å². The van der Waals surface area contributed by atoms with E-state index in [1.165, 1.54) is 0 Å². The molecule has 0 bridgehead atoms. The number of nitrogens with one attached hydrogen (secondary N) is 1. The number of nitrogens with two attached hydrogens (primary N) is 1. The molecule has 6 nitrogen and oxygen atoms in total. The second-order valence-electron chi connectivity index (χ2n) is 5.50. The van der Waals surface area contributed by atoms with Crippen molar-refractivity contribution in [1.82, 2.24) is 14.4 Å². The number of hydrogen-bond donors (Lipinski definition) is 2. The Balaban J connectivity index is 0.00000109. The summed E-state index contributed by atoms with van der Waals surface area (Å²) < 4.78 is 7.36. The number of fused-ring (bicyclic) bond motifs is 1. The number of hydrogen-bond acceptors (Lipinski definition) is 4. The van der Waals surface area contributed by atoms with Crippen LogP contribution in [0.25, 0.3) is 16.9 Å². The third-order valence-corrected chi connectivity index (χ3v) is 3.62. The first kappa shape index (κ1) is 18.9. The van der Waals surface area contributed by atoms with Crippen LogP contribution in [0.2, 0.25) is 0 Å². The monoisotopic (exact) mass is 342 g/mol. The first-order chi connectivity index (χ1) is 12.2. The molecule has 3 N–H and O–H groups in total. The zero-order valence-electron chi connectivity index (χ0n) is 15.1. The average Bonchev–Trinajstić information content (AvgIpc) is 2.99. The normalized spacial score (nSPS) is 10.6. The predicted molar refractivity (Wildman–Crippen MR) is 101 cm³/mol. The van der Waals surface area contributed by atoms with Crippen LogP contribution in [0.3, 0.4) is 0 Å². The molecule has 0 aliphatic rings. The molecule has 0 amide bonds. The van der Waals surface area contributed by atoms with Crippen molar-refractivity contribution in [3.8, 4) is 11.1 Å². The Kier molecular flexibility index (Phi) is 6.91. The summed E-state index contributed by atoms with van der Waals surface area (Å²) in [5.74, 6) is 0.557. The maximum absolute atomic E-state index is 12.2. The fraction of sp³-hybridized carbons (Fsp3) is 0.368. The lowest BCUT2D eigenvalue weighted by Crippen LogP contribution is -2.11. The van der Waals surface area contributed by atoms with E-state index < -0.39 is 0 Å². The van der Waals surface area contributed by atoms with Crippen molar-refractivity contribution in [2.24, 2.45) is 5.73 Å². The van der Waals surface area contributed by atoms with Gasteiger partial charge in [0.15, 0.2) is 0 Å². The van der Waals surface area contributed by atoms with Gasteiger partial charge in [0.05, 0.1) is 17.9 Å². The molecule has 2 heterocycles. The van der Waals surface area contributed by atoms with E-state index in [9.17, 15) is 4.79 Å². The molecule has 0 saturated heterocycles. The lowest BCUT2D eigenvalue weighted by Gasteiger charge is -2.06. The molecule has 0 saturated carbocycles. The molecule has 134 valence electrons. The highest BCUT2D eigenvalue weighted by Crippen LogP contribution is 2.17. The van der Waals surface area contributed by atoms with Crippen LogP contribution in [0.15, 0.2) is 41.5 Å². The van der Waals surface area contributed by atoms with Gasteiger partial charge in [0.25, 0.3) is 5.56 Å². The maximum atomic E-state index is 12.2. The third kappa shape index (κ3) is 4.78. The number of nitrogens with zero attached hydrogens (tertiary/aromatic N) is 2. The molecule has 0 spiro atoms. The number of H-pyrrole nitrogens is 1. The van der Waals surface area contributed by atoms with E-state index in [2.05, 4.69) is 9.97 Å². The maximum Gasteiger partial charge on any atom is 0.260 e. The van der Waals surface area contributed by atoms with E-state index in [1.54, 1.807) is 6.20 Å². The Bertz CT molecular complexity index is 850. The van der Waals surface area contributed by atoms with Crippen molar-refractivity contribution in [2.45, 2.75) is 33.8 Å². The summed E-state index contributed by atoms with van der Waals surface area (Å²) in [6.45, 7) is 7.74. The summed E-state index contributed by atoms with van der Waals surface area (Å²) in [4.78, 5) is 19.3. The third-order valence-electron chi connectivity index (χ3n) is 3.62. The number of aryl methyl sites for hydroxylation is 1. The van der Waals surface area contributed by atoms with Crippen molar-refractivity contribution in [3.05, 3.63) is 58.3 Å². The average molecular weight is 342 g/mol. The van der Waals surface area contributed by atoms with Crippen LogP contribution >= 0.6 is 0 Å². The number of rotatable bonds is 6. The molecular weight excluding hydrogens is 316 g/mol. The second kappa shape index (κ2) is 9.15. The van der Waals surface area contributed by atoms with Gasteiger partial charge in [-0.25, -0.2) is 4.98 Å². The van der Waals surface area contributed by atoms with Crippen molar-refractivity contribution in [3.63, 3.8) is 0 Å². The van der Waals surface area contributed by atoms with Gasteiger partial charge in [-0.05, 0) is 31.0 Å². The fourth-order valence-electron chi connectivity index (χ4n) is 2.44. The van der Waals surface area contributed by atoms with Crippen LogP contribution in [-0.2, 0) is 11.3 Å². The summed E-state index contributed by atoms with van der Waals surface area (Å²) in [5, 5.41) is 0. The molecule has 3 rings (SSSR count). The topological polar surface area (TPSA) is 85.4 Å². The molecule has 0 radical (unpaired) electrons. The van der Waals surface area contributed by atoms with Crippen molar-refractivity contribution in [1.29, 1.82) is 0 Å².